The lowest BCUT2D eigenvalue weighted by Gasteiger charge is -2.20. The van der Waals surface area contributed by atoms with E-state index in [-0.39, 0.29) is 23.1 Å². The number of aromatic nitrogens is 3. The minimum atomic E-state index is -0.266. The lowest BCUT2D eigenvalue weighted by Crippen LogP contribution is -2.24. The number of methoxy groups -OCH3 is 1. The van der Waals surface area contributed by atoms with E-state index in [1.54, 1.807) is 37.1 Å². The molecule has 4 aromatic carbocycles. The topological polar surface area (TPSA) is 89.3 Å². The third kappa shape index (κ3) is 9.83. The van der Waals surface area contributed by atoms with Crippen LogP contribution >= 0.6 is 11.8 Å². The summed E-state index contributed by atoms with van der Waals surface area (Å²) in [5.41, 5.74) is 3.86. The van der Waals surface area contributed by atoms with Crippen LogP contribution in [-0.4, -0.2) is 45.2 Å². The number of carbonyl (C=O) groups excluding carboxylic acids is 1. The molecular formula is C39H42N4O3S. The highest BCUT2D eigenvalue weighted by Gasteiger charge is 2.23. The molecule has 0 aliphatic heterocycles. The number of benzene rings is 4. The van der Waals surface area contributed by atoms with Gasteiger partial charge in [-0.25, -0.2) is 0 Å². The third-order valence-electron chi connectivity index (χ3n) is 8.07. The van der Waals surface area contributed by atoms with Crippen molar-refractivity contribution in [2.45, 2.75) is 49.7 Å². The minimum Gasteiger partial charge on any atom is -0.507 e. The number of amides is 1. The molecule has 0 aliphatic carbocycles. The molecule has 8 heteroatoms. The van der Waals surface area contributed by atoms with Crippen LogP contribution in [0, 0.1) is 0 Å². The van der Waals surface area contributed by atoms with Crippen molar-refractivity contribution in [3.05, 3.63) is 143 Å². The van der Waals surface area contributed by atoms with Crippen LogP contribution < -0.4 is 10.1 Å². The van der Waals surface area contributed by atoms with Crippen LogP contribution in [0.15, 0.2) is 120 Å². The first kappa shape index (κ1) is 33.5. The molecule has 0 spiro atoms. The zero-order valence-electron chi connectivity index (χ0n) is 26.8. The van der Waals surface area contributed by atoms with E-state index in [2.05, 4.69) is 64.5 Å². The second-order valence-corrected chi connectivity index (χ2v) is 12.3. The van der Waals surface area contributed by atoms with Gasteiger partial charge in [0, 0.05) is 24.8 Å². The summed E-state index contributed by atoms with van der Waals surface area (Å²) < 4.78 is 8.02. The van der Waals surface area contributed by atoms with E-state index in [4.69, 9.17) is 14.9 Å². The van der Waals surface area contributed by atoms with Crippen molar-refractivity contribution < 1.29 is 14.6 Å². The summed E-state index contributed by atoms with van der Waals surface area (Å²) in [6, 6.07) is 35.6. The highest BCUT2D eigenvalue weighted by Crippen LogP contribution is 2.32. The molecule has 5 rings (SSSR count). The van der Waals surface area contributed by atoms with Crippen LogP contribution in [0.25, 0.3) is 6.08 Å². The standard InChI is InChI=1S/C39H42N4O3S/c1-46-36-24-11-8-20-32(36)29-33(21-12-13-26-40-38(45)34-22-9-10-23-35(34)44)37-41-42-39(43(37)27-25-31-17-6-3-7-18-31)47-28-14-19-30-15-4-2-5-16-30/h2-11,14-20,22-24,33,44H,12-13,21,25-29H2,1H3,(H,40,45)/b19-14+. The lowest BCUT2D eigenvalue weighted by molar-refractivity contribution is 0.0950. The van der Waals surface area contributed by atoms with Crippen LogP contribution in [0.4, 0.5) is 0 Å². The van der Waals surface area contributed by atoms with E-state index >= 15 is 0 Å². The zero-order valence-corrected chi connectivity index (χ0v) is 27.6. The molecule has 1 amide bonds. The fraction of sp³-hybridized carbons (Fsp3) is 0.256. The molecule has 242 valence electrons. The van der Waals surface area contributed by atoms with Crippen molar-refractivity contribution in [2.75, 3.05) is 19.4 Å². The summed E-state index contributed by atoms with van der Waals surface area (Å²) in [6.45, 7) is 1.29. The molecule has 0 aliphatic rings. The van der Waals surface area contributed by atoms with Gasteiger partial charge in [-0.05, 0) is 60.6 Å². The van der Waals surface area contributed by atoms with Crippen molar-refractivity contribution in [3.63, 3.8) is 0 Å². The molecule has 1 atom stereocenters. The van der Waals surface area contributed by atoms with Gasteiger partial charge in [0.2, 0.25) is 0 Å². The maximum absolute atomic E-state index is 12.6. The number of hydrogen-bond donors (Lipinski definition) is 2. The highest BCUT2D eigenvalue weighted by molar-refractivity contribution is 7.99. The third-order valence-corrected chi connectivity index (χ3v) is 8.99. The van der Waals surface area contributed by atoms with Gasteiger partial charge in [-0.3, -0.25) is 4.79 Å². The summed E-state index contributed by atoms with van der Waals surface area (Å²) in [5, 5.41) is 23.4. The fourth-order valence-electron chi connectivity index (χ4n) is 5.61. The quantitative estimate of drug-likeness (QED) is 0.0787. The maximum Gasteiger partial charge on any atom is 0.255 e. The first-order valence-electron chi connectivity index (χ1n) is 16.1. The number of aryl methyl sites for hydroxylation is 1. The van der Waals surface area contributed by atoms with E-state index in [0.717, 1.165) is 66.7 Å². The SMILES string of the molecule is COc1ccccc1CC(CCCCNC(=O)c1ccccc1O)c1nnc(SC/C=C/c2ccccc2)n1CCc1ccccc1. The van der Waals surface area contributed by atoms with E-state index in [1.807, 2.05) is 42.5 Å². The van der Waals surface area contributed by atoms with E-state index in [9.17, 15) is 9.90 Å². The van der Waals surface area contributed by atoms with Crippen molar-refractivity contribution >= 4 is 23.7 Å². The normalized spacial score (nSPS) is 11.9. The smallest absolute Gasteiger partial charge is 0.255 e. The number of aromatic hydroxyl groups is 1. The maximum atomic E-state index is 12.6. The Morgan fingerprint density at radius 1 is 0.915 bits per heavy atom. The van der Waals surface area contributed by atoms with Gasteiger partial charge in [0.1, 0.15) is 17.3 Å². The average Bonchev–Trinajstić information content (AvgIpc) is 3.52. The van der Waals surface area contributed by atoms with E-state index in [1.165, 1.54) is 17.2 Å². The van der Waals surface area contributed by atoms with Crippen LogP contribution in [0.2, 0.25) is 0 Å². The van der Waals surface area contributed by atoms with E-state index < -0.39 is 0 Å². The number of phenolic OH excluding ortho intramolecular Hbond substituents is 1. The number of rotatable bonds is 17. The summed E-state index contributed by atoms with van der Waals surface area (Å²) >= 11 is 1.70. The Labute approximate surface area is 281 Å². The number of ether oxygens (including phenoxy) is 1. The number of hydrogen-bond acceptors (Lipinski definition) is 6. The molecular weight excluding hydrogens is 605 g/mol. The van der Waals surface area contributed by atoms with Crippen molar-refractivity contribution in [1.82, 2.24) is 20.1 Å². The number of nitrogens with zero attached hydrogens (tertiary/aromatic N) is 3. The Morgan fingerprint density at radius 3 is 2.43 bits per heavy atom. The first-order valence-corrected chi connectivity index (χ1v) is 17.1. The monoisotopic (exact) mass is 646 g/mol. The lowest BCUT2D eigenvalue weighted by atomic mass is 9.92. The molecule has 5 aromatic rings. The van der Waals surface area contributed by atoms with Crippen molar-refractivity contribution in [2.24, 2.45) is 0 Å². The van der Waals surface area contributed by atoms with Gasteiger partial charge in [-0.1, -0.05) is 121 Å². The van der Waals surface area contributed by atoms with E-state index in [0.29, 0.717) is 6.54 Å². The number of thioether (sulfide) groups is 1. The molecule has 1 aromatic heterocycles. The summed E-state index contributed by atoms with van der Waals surface area (Å²) in [6.07, 6.45) is 8.50. The second-order valence-electron chi connectivity index (χ2n) is 11.3. The molecule has 47 heavy (non-hydrogen) atoms. The number of carbonyl (C=O) groups is 1. The Hall–Kier alpha value is -4.82. The molecule has 0 bridgehead atoms. The molecule has 0 radical (unpaired) electrons. The molecule has 2 N–H and O–H groups in total. The van der Waals surface area contributed by atoms with Gasteiger partial charge in [-0.15, -0.1) is 10.2 Å². The zero-order chi connectivity index (χ0) is 32.7. The van der Waals surface area contributed by atoms with Gasteiger partial charge in [-0.2, -0.15) is 0 Å². The predicted molar refractivity (Wildman–Crippen MR) is 190 cm³/mol. The van der Waals surface area contributed by atoms with Crippen molar-refractivity contribution in [3.8, 4) is 11.5 Å². The van der Waals surface area contributed by atoms with Crippen LogP contribution in [0.1, 0.15) is 58.1 Å². The molecule has 0 fully saturated rings. The van der Waals surface area contributed by atoms with Gasteiger partial charge in [0.15, 0.2) is 5.16 Å². The van der Waals surface area contributed by atoms with Crippen LogP contribution in [0.5, 0.6) is 11.5 Å². The molecule has 0 saturated carbocycles. The fourth-order valence-corrected chi connectivity index (χ4v) is 6.39. The minimum absolute atomic E-state index is 0.0130. The molecule has 7 nitrogen and oxygen atoms in total. The number of phenols is 1. The number of nitrogens with one attached hydrogen (secondary N) is 1. The summed E-state index contributed by atoms with van der Waals surface area (Å²) in [5.74, 6) is 2.44. The molecule has 0 saturated heterocycles. The Bertz CT molecular complexity index is 1720. The number of para-hydroxylation sites is 2. The summed E-state index contributed by atoms with van der Waals surface area (Å²) in [4.78, 5) is 12.6. The second kappa shape index (κ2) is 17.8. The molecule has 1 unspecified atom stereocenters. The Morgan fingerprint density at radius 2 is 1.64 bits per heavy atom. The van der Waals surface area contributed by atoms with Gasteiger partial charge in [0.05, 0.1) is 12.7 Å². The Balaban J connectivity index is 1.33. The number of unbranched alkanes of at least 4 members (excludes halogenated alkanes) is 1. The summed E-state index contributed by atoms with van der Waals surface area (Å²) in [7, 11) is 1.71. The first-order chi connectivity index (χ1) is 23.1. The van der Waals surface area contributed by atoms with Crippen LogP contribution in [-0.2, 0) is 19.4 Å². The highest BCUT2D eigenvalue weighted by atomic mass is 32.2. The van der Waals surface area contributed by atoms with Crippen molar-refractivity contribution in [1.29, 1.82) is 0 Å². The largest absolute Gasteiger partial charge is 0.507 e. The van der Waals surface area contributed by atoms with Gasteiger partial charge < -0.3 is 19.7 Å². The Kier molecular flexibility index (Phi) is 12.7. The molecule has 1 heterocycles. The average molecular weight is 647 g/mol. The van der Waals surface area contributed by atoms with Gasteiger partial charge in [0.25, 0.3) is 5.91 Å². The van der Waals surface area contributed by atoms with Crippen LogP contribution in [0.3, 0.4) is 0 Å². The van der Waals surface area contributed by atoms with Gasteiger partial charge >= 0.3 is 0 Å². The predicted octanol–water partition coefficient (Wildman–Crippen LogP) is 7.97.